The van der Waals surface area contributed by atoms with Gasteiger partial charge in [0, 0.05) is 16.7 Å². The molecule has 0 aliphatic heterocycles. The van der Waals surface area contributed by atoms with E-state index >= 15 is 0 Å². The summed E-state index contributed by atoms with van der Waals surface area (Å²) in [5.74, 6) is -2.08. The van der Waals surface area contributed by atoms with Gasteiger partial charge in [0.25, 0.3) is 5.91 Å². The maximum absolute atomic E-state index is 13.0. The van der Waals surface area contributed by atoms with E-state index in [0.717, 1.165) is 0 Å². The predicted octanol–water partition coefficient (Wildman–Crippen LogP) is 3.49. The molecule has 0 atom stereocenters. The number of esters is 1. The molecule has 8 heteroatoms. The Balaban J connectivity index is 1.51. The van der Waals surface area contributed by atoms with Crippen molar-refractivity contribution >= 4 is 46.4 Å². The van der Waals surface area contributed by atoms with E-state index in [0.29, 0.717) is 10.6 Å². The Morgan fingerprint density at radius 3 is 2.29 bits per heavy atom. The van der Waals surface area contributed by atoms with Crippen molar-refractivity contribution in [1.29, 1.82) is 0 Å². The number of nitrogens with one attached hydrogen (secondary N) is 1. The fourth-order valence-corrected chi connectivity index (χ4v) is 3.44. The molecule has 1 aliphatic carbocycles. The number of fused-ring (bicyclic) bond motifs is 2. The summed E-state index contributed by atoms with van der Waals surface area (Å²) in [6.45, 7) is -0.593. The molecule has 31 heavy (non-hydrogen) atoms. The molecule has 0 fully saturated rings. The van der Waals surface area contributed by atoms with Crippen molar-refractivity contribution in [2.24, 2.45) is 0 Å². The van der Waals surface area contributed by atoms with E-state index in [1.54, 1.807) is 30.3 Å². The molecule has 0 saturated heterocycles. The zero-order valence-electron chi connectivity index (χ0n) is 16.0. The molecule has 4 rings (SSSR count). The molecule has 0 spiro atoms. The topological polar surface area (TPSA) is 116 Å². The number of hydrogen-bond donors (Lipinski definition) is 2. The van der Waals surface area contributed by atoms with Gasteiger partial charge in [-0.3, -0.25) is 14.4 Å². The number of carbonyl (C=O) groups excluding carboxylic acids is 4. The number of anilines is 2. The number of ether oxygens (including phenoxy) is 1. The van der Waals surface area contributed by atoms with Gasteiger partial charge in [0.2, 0.25) is 0 Å². The van der Waals surface area contributed by atoms with E-state index in [1.165, 1.54) is 30.3 Å². The van der Waals surface area contributed by atoms with Crippen LogP contribution in [0.5, 0.6) is 0 Å². The molecule has 0 unspecified atom stereocenters. The quantitative estimate of drug-likeness (QED) is 0.375. The first-order chi connectivity index (χ1) is 14.9. The minimum absolute atomic E-state index is 0.108. The number of amides is 1. The molecule has 7 nitrogen and oxygen atoms in total. The van der Waals surface area contributed by atoms with Crippen molar-refractivity contribution in [3.63, 3.8) is 0 Å². The van der Waals surface area contributed by atoms with E-state index in [-0.39, 0.29) is 45.2 Å². The van der Waals surface area contributed by atoms with Gasteiger partial charge in [-0.05, 0) is 24.3 Å². The van der Waals surface area contributed by atoms with Crippen LogP contribution in [0.2, 0.25) is 5.02 Å². The third-order valence-corrected chi connectivity index (χ3v) is 5.14. The molecular formula is C23H15ClN2O5. The molecule has 0 radical (unpaired) electrons. The Morgan fingerprint density at radius 2 is 1.58 bits per heavy atom. The Kier molecular flexibility index (Phi) is 5.27. The molecule has 0 aromatic heterocycles. The molecule has 0 saturated carbocycles. The van der Waals surface area contributed by atoms with Crippen molar-refractivity contribution in [2.45, 2.75) is 0 Å². The van der Waals surface area contributed by atoms with E-state index in [9.17, 15) is 19.2 Å². The second-order valence-corrected chi connectivity index (χ2v) is 7.20. The summed E-state index contributed by atoms with van der Waals surface area (Å²) in [5.41, 5.74) is 7.08. The van der Waals surface area contributed by atoms with E-state index < -0.39 is 18.5 Å². The Morgan fingerprint density at radius 1 is 0.903 bits per heavy atom. The van der Waals surface area contributed by atoms with Gasteiger partial charge in [-0.1, -0.05) is 48.0 Å². The average Bonchev–Trinajstić information content (AvgIpc) is 2.77. The number of ketones is 2. The first kappa shape index (κ1) is 20.3. The number of halogens is 1. The number of nitrogen functional groups attached to an aromatic ring is 1. The van der Waals surface area contributed by atoms with Gasteiger partial charge < -0.3 is 15.8 Å². The zero-order valence-corrected chi connectivity index (χ0v) is 16.7. The van der Waals surface area contributed by atoms with Crippen molar-refractivity contribution < 1.29 is 23.9 Å². The molecular weight excluding hydrogens is 420 g/mol. The Labute approximate surface area is 181 Å². The highest BCUT2D eigenvalue weighted by atomic mass is 35.5. The lowest BCUT2D eigenvalue weighted by Gasteiger charge is -2.20. The van der Waals surface area contributed by atoms with Crippen LogP contribution >= 0.6 is 11.6 Å². The van der Waals surface area contributed by atoms with Crippen LogP contribution in [0.3, 0.4) is 0 Å². The van der Waals surface area contributed by atoms with E-state index in [2.05, 4.69) is 5.32 Å². The van der Waals surface area contributed by atoms with Crippen LogP contribution in [0.15, 0.2) is 60.7 Å². The van der Waals surface area contributed by atoms with Gasteiger partial charge in [-0.15, -0.1) is 0 Å². The third-order valence-electron chi connectivity index (χ3n) is 4.79. The van der Waals surface area contributed by atoms with Crippen LogP contribution in [0.1, 0.15) is 42.2 Å². The molecule has 1 aliphatic rings. The molecule has 154 valence electrons. The normalized spacial score (nSPS) is 12.0. The standard InChI is InChI=1S/C23H15ClN2O5/c24-16-9-8-12(10-17(16)25)23(30)31-11-19(27)26-18-7-3-6-15-20(18)22(29)14-5-2-1-4-13(14)21(15)28/h1-10H,11,25H2,(H,26,27). The second-order valence-electron chi connectivity index (χ2n) is 6.79. The van der Waals surface area contributed by atoms with Gasteiger partial charge in [0.1, 0.15) is 0 Å². The largest absolute Gasteiger partial charge is 0.452 e. The highest BCUT2D eigenvalue weighted by molar-refractivity contribution is 6.33. The highest BCUT2D eigenvalue weighted by Crippen LogP contribution is 2.31. The smallest absolute Gasteiger partial charge is 0.338 e. The number of rotatable bonds is 4. The van der Waals surface area contributed by atoms with Crippen LogP contribution in [-0.2, 0) is 9.53 Å². The third kappa shape index (κ3) is 3.78. The van der Waals surface area contributed by atoms with Crippen LogP contribution in [0.25, 0.3) is 0 Å². The zero-order chi connectivity index (χ0) is 22.1. The maximum Gasteiger partial charge on any atom is 0.338 e. The Bertz CT molecular complexity index is 1270. The molecule has 0 heterocycles. The fourth-order valence-electron chi connectivity index (χ4n) is 3.32. The second kappa shape index (κ2) is 8.04. The van der Waals surface area contributed by atoms with Crippen molar-refractivity contribution in [2.75, 3.05) is 17.7 Å². The highest BCUT2D eigenvalue weighted by Gasteiger charge is 2.31. The minimum atomic E-state index is -0.756. The average molecular weight is 435 g/mol. The summed E-state index contributed by atoms with van der Waals surface area (Å²) in [6.07, 6.45) is 0. The lowest BCUT2D eigenvalue weighted by atomic mass is 9.83. The summed E-state index contributed by atoms with van der Waals surface area (Å²) in [6, 6.07) is 15.3. The van der Waals surface area contributed by atoms with Gasteiger partial charge in [0.15, 0.2) is 18.2 Å². The summed E-state index contributed by atoms with van der Waals surface area (Å²) in [7, 11) is 0. The van der Waals surface area contributed by atoms with Gasteiger partial charge in [0.05, 0.1) is 27.5 Å². The first-order valence-electron chi connectivity index (χ1n) is 9.20. The lowest BCUT2D eigenvalue weighted by molar-refractivity contribution is -0.119. The van der Waals surface area contributed by atoms with Gasteiger partial charge in [-0.25, -0.2) is 4.79 Å². The summed E-state index contributed by atoms with van der Waals surface area (Å²) in [4.78, 5) is 50.2. The summed E-state index contributed by atoms with van der Waals surface area (Å²) < 4.78 is 5.00. The van der Waals surface area contributed by atoms with Crippen molar-refractivity contribution in [3.8, 4) is 0 Å². The number of hydrogen-bond acceptors (Lipinski definition) is 6. The van der Waals surface area contributed by atoms with Crippen LogP contribution in [-0.4, -0.2) is 30.0 Å². The first-order valence-corrected chi connectivity index (χ1v) is 9.58. The lowest BCUT2D eigenvalue weighted by Crippen LogP contribution is -2.26. The summed E-state index contributed by atoms with van der Waals surface area (Å²) in [5, 5.41) is 2.84. The summed E-state index contributed by atoms with van der Waals surface area (Å²) >= 11 is 5.82. The maximum atomic E-state index is 13.0. The Hall–Kier alpha value is -3.97. The number of carbonyl (C=O) groups is 4. The van der Waals surface area contributed by atoms with Crippen LogP contribution in [0, 0.1) is 0 Å². The van der Waals surface area contributed by atoms with E-state index in [4.69, 9.17) is 22.1 Å². The minimum Gasteiger partial charge on any atom is -0.452 e. The molecule has 1 amide bonds. The fraction of sp³-hybridized carbons (Fsp3) is 0.0435. The number of benzene rings is 3. The molecule has 3 aromatic rings. The molecule has 3 aromatic carbocycles. The van der Waals surface area contributed by atoms with Crippen LogP contribution < -0.4 is 11.1 Å². The predicted molar refractivity (Wildman–Crippen MR) is 115 cm³/mol. The van der Waals surface area contributed by atoms with Crippen molar-refractivity contribution in [3.05, 3.63) is 93.5 Å². The molecule has 0 bridgehead atoms. The van der Waals surface area contributed by atoms with Gasteiger partial charge in [-0.2, -0.15) is 0 Å². The van der Waals surface area contributed by atoms with Crippen LogP contribution in [0.4, 0.5) is 11.4 Å². The SMILES string of the molecule is Nc1cc(C(=O)OCC(=O)Nc2cccc3c2C(=O)c2ccccc2C3=O)ccc1Cl. The monoisotopic (exact) mass is 434 g/mol. The van der Waals surface area contributed by atoms with Crippen molar-refractivity contribution in [1.82, 2.24) is 0 Å². The number of nitrogens with two attached hydrogens (primary N) is 1. The van der Waals surface area contributed by atoms with E-state index in [1.807, 2.05) is 0 Å². The molecule has 3 N–H and O–H groups in total. The van der Waals surface area contributed by atoms with Gasteiger partial charge >= 0.3 is 5.97 Å².